The van der Waals surface area contributed by atoms with E-state index in [2.05, 4.69) is 13.0 Å². The molecule has 0 amide bonds. The molecular weight excluding hydrogens is 241 g/mol. The van der Waals surface area contributed by atoms with Gasteiger partial charge in [-0.15, -0.1) is 0 Å². The Labute approximate surface area is 114 Å². The van der Waals surface area contributed by atoms with Gasteiger partial charge < -0.3 is 19.8 Å². The van der Waals surface area contributed by atoms with Crippen molar-refractivity contribution in [2.45, 2.75) is 38.9 Å². The van der Waals surface area contributed by atoms with Gasteiger partial charge in [-0.1, -0.05) is 13.0 Å². The second-order valence-electron chi connectivity index (χ2n) is 5.76. The highest BCUT2D eigenvalue weighted by Crippen LogP contribution is 2.35. The maximum atomic E-state index is 6.06. The second kappa shape index (κ2) is 4.51. The molecule has 2 heterocycles. The van der Waals surface area contributed by atoms with Crippen molar-refractivity contribution in [2.75, 3.05) is 13.2 Å². The maximum Gasteiger partial charge on any atom is 0.499 e. The first-order valence-corrected chi connectivity index (χ1v) is 6.87. The topological polar surface area (TPSA) is 53.7 Å². The minimum absolute atomic E-state index is 0.0904. The zero-order valence-electron chi connectivity index (χ0n) is 11.7. The van der Waals surface area contributed by atoms with Gasteiger partial charge in [0.25, 0.3) is 0 Å². The highest BCUT2D eigenvalue weighted by molar-refractivity contribution is 6.64. The average Bonchev–Trinajstić information content (AvgIpc) is 2.68. The molecule has 1 aromatic carbocycles. The average molecular weight is 261 g/mol. The van der Waals surface area contributed by atoms with Crippen molar-refractivity contribution >= 4 is 12.6 Å². The van der Waals surface area contributed by atoms with Crippen LogP contribution in [-0.4, -0.2) is 25.9 Å². The molecule has 1 atom stereocenters. The molecule has 0 fully saturated rings. The molecule has 0 aliphatic carbocycles. The van der Waals surface area contributed by atoms with Crippen LogP contribution >= 0.6 is 0 Å². The third-order valence-corrected chi connectivity index (χ3v) is 3.78. The van der Waals surface area contributed by atoms with Crippen molar-refractivity contribution in [3.05, 3.63) is 23.3 Å². The molecule has 0 radical (unpaired) electrons. The van der Waals surface area contributed by atoms with Crippen LogP contribution in [0.25, 0.3) is 0 Å². The van der Waals surface area contributed by atoms with Crippen LogP contribution in [-0.2, 0) is 15.7 Å². The number of hydrogen-bond donors (Lipinski definition) is 1. The molecule has 0 spiro atoms. The Kier molecular flexibility index (Phi) is 3.08. The molecule has 2 aliphatic rings. The molecular formula is C14H20BNO3. The summed E-state index contributed by atoms with van der Waals surface area (Å²) in [5, 5.41) is 0. The van der Waals surface area contributed by atoms with Crippen LogP contribution < -0.4 is 15.9 Å². The number of aryl methyl sites for hydroxylation is 1. The van der Waals surface area contributed by atoms with Crippen molar-refractivity contribution in [1.29, 1.82) is 0 Å². The molecule has 2 aliphatic heterocycles. The third-order valence-electron chi connectivity index (χ3n) is 3.78. The molecule has 2 N–H and O–H groups in total. The van der Waals surface area contributed by atoms with E-state index >= 15 is 0 Å². The first kappa shape index (κ1) is 13.0. The van der Waals surface area contributed by atoms with Crippen LogP contribution in [0.3, 0.4) is 0 Å². The minimum Gasteiger partial charge on any atom is -0.491 e. The fraction of sp³-hybridized carbons (Fsp3) is 0.571. The van der Waals surface area contributed by atoms with E-state index in [9.17, 15) is 0 Å². The summed E-state index contributed by atoms with van der Waals surface area (Å²) < 4.78 is 17.9. The number of hydrogen-bond acceptors (Lipinski definition) is 4. The van der Waals surface area contributed by atoms with Crippen molar-refractivity contribution in [3.8, 4) is 5.75 Å². The van der Waals surface area contributed by atoms with Crippen molar-refractivity contribution in [3.63, 3.8) is 0 Å². The lowest BCUT2D eigenvalue weighted by Crippen LogP contribution is -2.40. The second-order valence-corrected chi connectivity index (χ2v) is 5.76. The smallest absolute Gasteiger partial charge is 0.491 e. The maximum absolute atomic E-state index is 6.06. The molecule has 0 saturated heterocycles. The quantitative estimate of drug-likeness (QED) is 0.812. The zero-order valence-corrected chi connectivity index (χ0v) is 11.7. The molecule has 5 heteroatoms. The van der Waals surface area contributed by atoms with Gasteiger partial charge in [0.15, 0.2) is 0 Å². The summed E-state index contributed by atoms with van der Waals surface area (Å²) in [5.41, 5.74) is 8.96. The molecule has 0 bridgehead atoms. The highest BCUT2D eigenvalue weighted by Gasteiger charge is 2.45. The van der Waals surface area contributed by atoms with Crippen LogP contribution in [0.4, 0.5) is 0 Å². The SMILES string of the molecule is CCc1ccc2c3c1[C@@H](CN)OB3OC(C)(C)CO2. The van der Waals surface area contributed by atoms with E-state index in [4.69, 9.17) is 19.8 Å². The Balaban J connectivity index is 2.14. The summed E-state index contributed by atoms with van der Waals surface area (Å²) in [7, 11) is -0.359. The number of rotatable bonds is 2. The van der Waals surface area contributed by atoms with Crippen LogP contribution in [0.15, 0.2) is 12.1 Å². The van der Waals surface area contributed by atoms with Gasteiger partial charge in [-0.2, -0.15) is 0 Å². The molecule has 3 rings (SSSR count). The van der Waals surface area contributed by atoms with Crippen molar-refractivity contribution < 1.29 is 14.0 Å². The van der Waals surface area contributed by atoms with Crippen LogP contribution in [0.1, 0.15) is 38.0 Å². The summed E-state index contributed by atoms with van der Waals surface area (Å²) in [5.74, 6) is 0.874. The fourth-order valence-corrected chi connectivity index (χ4v) is 2.84. The predicted octanol–water partition coefficient (Wildman–Crippen LogP) is 1.16. The van der Waals surface area contributed by atoms with Gasteiger partial charge in [0, 0.05) is 12.0 Å². The molecule has 0 aromatic heterocycles. The highest BCUT2D eigenvalue weighted by atomic mass is 16.6. The molecule has 102 valence electrons. The van der Waals surface area contributed by atoms with Crippen LogP contribution in [0.2, 0.25) is 0 Å². The van der Waals surface area contributed by atoms with Gasteiger partial charge in [0.2, 0.25) is 0 Å². The van der Waals surface area contributed by atoms with Gasteiger partial charge in [0.1, 0.15) is 12.4 Å². The van der Waals surface area contributed by atoms with Crippen LogP contribution in [0.5, 0.6) is 5.75 Å². The van der Waals surface area contributed by atoms with E-state index in [1.54, 1.807) is 0 Å². The predicted molar refractivity (Wildman–Crippen MR) is 74.7 cm³/mol. The Morgan fingerprint density at radius 1 is 1.42 bits per heavy atom. The summed E-state index contributed by atoms with van der Waals surface area (Å²) in [4.78, 5) is 0. The Hall–Kier alpha value is -1.04. The lowest BCUT2D eigenvalue weighted by molar-refractivity contribution is 0.0281. The Morgan fingerprint density at radius 3 is 2.89 bits per heavy atom. The summed E-state index contributed by atoms with van der Waals surface area (Å²) in [6, 6.07) is 4.14. The van der Waals surface area contributed by atoms with Crippen LogP contribution in [0, 0.1) is 0 Å². The molecule has 4 nitrogen and oxygen atoms in total. The van der Waals surface area contributed by atoms with E-state index < -0.39 is 0 Å². The summed E-state index contributed by atoms with van der Waals surface area (Å²) >= 11 is 0. The molecule has 19 heavy (non-hydrogen) atoms. The monoisotopic (exact) mass is 261 g/mol. The van der Waals surface area contributed by atoms with Gasteiger partial charge in [-0.05, 0) is 37.5 Å². The van der Waals surface area contributed by atoms with E-state index in [1.807, 2.05) is 19.9 Å². The van der Waals surface area contributed by atoms with E-state index in [0.717, 1.165) is 17.6 Å². The fourth-order valence-electron chi connectivity index (χ4n) is 2.84. The first-order valence-electron chi connectivity index (χ1n) is 6.87. The summed E-state index contributed by atoms with van der Waals surface area (Å²) in [6.45, 7) is 7.15. The lowest BCUT2D eigenvalue weighted by Gasteiger charge is -2.25. The largest absolute Gasteiger partial charge is 0.499 e. The molecule has 0 unspecified atom stereocenters. The van der Waals surface area contributed by atoms with E-state index in [-0.39, 0.29) is 18.8 Å². The third kappa shape index (κ3) is 2.06. The number of ether oxygens (including phenoxy) is 1. The van der Waals surface area contributed by atoms with Crippen molar-refractivity contribution in [2.24, 2.45) is 5.73 Å². The van der Waals surface area contributed by atoms with Gasteiger partial charge >= 0.3 is 7.12 Å². The van der Waals surface area contributed by atoms with E-state index in [0.29, 0.717) is 13.2 Å². The normalized spacial score (nSPS) is 23.8. The zero-order chi connectivity index (χ0) is 13.6. The molecule has 0 saturated carbocycles. The van der Waals surface area contributed by atoms with Gasteiger partial charge in [-0.3, -0.25) is 0 Å². The Bertz CT molecular complexity index is 504. The summed E-state index contributed by atoms with van der Waals surface area (Å²) in [6.07, 6.45) is 0.867. The minimum atomic E-state index is -0.364. The van der Waals surface area contributed by atoms with Gasteiger partial charge in [0.05, 0.1) is 11.7 Å². The lowest BCUT2D eigenvalue weighted by atomic mass is 9.75. The Morgan fingerprint density at radius 2 is 2.21 bits per heavy atom. The standard InChI is InChI=1S/C14H20BNO3/c1-4-9-5-6-10-13-12(9)11(7-16)18-15(13)19-14(2,3)8-17-10/h5-6,11H,4,7-8,16H2,1-3H3/t11-/m1/s1. The number of benzene rings is 1. The van der Waals surface area contributed by atoms with Gasteiger partial charge in [-0.25, -0.2) is 0 Å². The number of nitrogens with two attached hydrogens (primary N) is 1. The van der Waals surface area contributed by atoms with E-state index in [1.165, 1.54) is 11.1 Å². The van der Waals surface area contributed by atoms with Crippen molar-refractivity contribution in [1.82, 2.24) is 0 Å². The molecule has 1 aromatic rings. The first-order chi connectivity index (χ1) is 9.05.